The van der Waals surface area contributed by atoms with E-state index >= 15 is 0 Å². The number of nitrogens with zero attached hydrogens (tertiary/aromatic N) is 1. The lowest BCUT2D eigenvalue weighted by atomic mass is 10.2. The summed E-state index contributed by atoms with van der Waals surface area (Å²) < 4.78 is 27.6. The molecule has 98 valence electrons. The highest BCUT2D eigenvalue weighted by atomic mass is 79.9. The number of thiophene rings is 1. The minimum absolute atomic E-state index is 0.265. The molecule has 0 unspecified atom stereocenters. The monoisotopic (exact) mass is 356 g/mol. The average molecular weight is 357 g/mol. The number of nitrogens with one attached hydrogen (secondary N) is 1. The van der Waals surface area contributed by atoms with E-state index in [1.807, 2.05) is 13.0 Å². The summed E-state index contributed by atoms with van der Waals surface area (Å²) in [5.74, 6) is 0. The molecule has 7 heteroatoms. The quantitative estimate of drug-likeness (QED) is 0.914. The van der Waals surface area contributed by atoms with Crippen molar-refractivity contribution in [3.8, 4) is 6.07 Å². The van der Waals surface area contributed by atoms with Gasteiger partial charge in [0.15, 0.2) is 0 Å². The highest BCUT2D eigenvalue weighted by molar-refractivity contribution is 9.10. The summed E-state index contributed by atoms with van der Waals surface area (Å²) >= 11 is 4.45. The van der Waals surface area contributed by atoms with Gasteiger partial charge in [-0.05, 0) is 53.2 Å². The summed E-state index contributed by atoms with van der Waals surface area (Å²) in [6.45, 7) is 1.85. The maximum atomic E-state index is 12.1. The van der Waals surface area contributed by atoms with E-state index in [4.69, 9.17) is 5.26 Å². The molecule has 1 aromatic carbocycles. The molecule has 0 atom stereocenters. The molecule has 0 spiro atoms. The molecule has 0 radical (unpaired) electrons. The number of aryl methyl sites for hydroxylation is 1. The lowest BCUT2D eigenvalue weighted by Crippen LogP contribution is -2.11. The molecule has 2 aromatic rings. The molecule has 0 bridgehead atoms. The van der Waals surface area contributed by atoms with E-state index < -0.39 is 10.0 Å². The Labute approximate surface area is 123 Å². The van der Waals surface area contributed by atoms with Gasteiger partial charge in [-0.25, -0.2) is 8.42 Å². The van der Waals surface area contributed by atoms with Crippen LogP contribution in [0.3, 0.4) is 0 Å². The Morgan fingerprint density at radius 3 is 2.58 bits per heavy atom. The third-order valence-electron chi connectivity index (χ3n) is 2.32. The summed E-state index contributed by atoms with van der Waals surface area (Å²) in [5.41, 5.74) is 0.867. The third kappa shape index (κ3) is 3.15. The van der Waals surface area contributed by atoms with Gasteiger partial charge < -0.3 is 0 Å². The fraction of sp³-hybridized carbons (Fsp3) is 0.0833. The van der Waals surface area contributed by atoms with Crippen LogP contribution < -0.4 is 4.72 Å². The van der Waals surface area contributed by atoms with Crippen LogP contribution in [0.15, 0.2) is 39.0 Å². The van der Waals surface area contributed by atoms with Crippen molar-refractivity contribution in [1.82, 2.24) is 0 Å². The molecule has 0 saturated carbocycles. The van der Waals surface area contributed by atoms with Crippen molar-refractivity contribution < 1.29 is 8.42 Å². The lowest BCUT2D eigenvalue weighted by Gasteiger charge is -2.08. The third-order valence-corrected chi connectivity index (χ3v) is 5.84. The van der Waals surface area contributed by atoms with E-state index in [9.17, 15) is 8.42 Å². The molecule has 0 saturated heterocycles. The van der Waals surface area contributed by atoms with E-state index in [1.165, 1.54) is 11.3 Å². The van der Waals surface area contributed by atoms with Crippen molar-refractivity contribution in [3.63, 3.8) is 0 Å². The van der Waals surface area contributed by atoms with E-state index in [-0.39, 0.29) is 4.21 Å². The molecule has 0 amide bonds. The molecular formula is C12H9BrN2O2S2. The fourth-order valence-electron chi connectivity index (χ4n) is 1.42. The molecule has 2 rings (SSSR count). The molecule has 1 aromatic heterocycles. The maximum absolute atomic E-state index is 12.1. The number of hydrogen-bond acceptors (Lipinski definition) is 4. The predicted octanol–water partition coefficient (Wildman–Crippen LogP) is 3.49. The van der Waals surface area contributed by atoms with Crippen LogP contribution in [-0.4, -0.2) is 8.42 Å². The minimum Gasteiger partial charge on any atom is -0.278 e. The van der Waals surface area contributed by atoms with Crippen LogP contribution in [0.5, 0.6) is 0 Å². The average Bonchev–Trinajstić information content (AvgIpc) is 2.79. The minimum atomic E-state index is -3.58. The number of sulfonamides is 1. The van der Waals surface area contributed by atoms with E-state index in [1.54, 1.807) is 30.3 Å². The molecule has 0 aliphatic carbocycles. The first-order valence-electron chi connectivity index (χ1n) is 5.21. The van der Waals surface area contributed by atoms with Crippen LogP contribution in [0, 0.1) is 18.3 Å². The molecular weight excluding hydrogens is 348 g/mol. The fourth-order valence-corrected chi connectivity index (χ4v) is 4.39. The molecule has 1 N–H and O–H groups in total. The highest BCUT2D eigenvalue weighted by Gasteiger charge is 2.17. The van der Waals surface area contributed by atoms with E-state index in [2.05, 4.69) is 20.7 Å². The van der Waals surface area contributed by atoms with Crippen molar-refractivity contribution >= 4 is 43.0 Å². The van der Waals surface area contributed by atoms with Gasteiger partial charge in [0, 0.05) is 9.35 Å². The van der Waals surface area contributed by atoms with Gasteiger partial charge in [0.1, 0.15) is 4.21 Å². The number of benzene rings is 1. The number of hydrogen-bond donors (Lipinski definition) is 1. The normalized spacial score (nSPS) is 11.0. The molecule has 19 heavy (non-hydrogen) atoms. The summed E-state index contributed by atoms with van der Waals surface area (Å²) in [7, 11) is -3.58. The number of anilines is 1. The molecule has 0 aliphatic heterocycles. The Balaban J connectivity index is 2.34. The smallest absolute Gasteiger partial charge is 0.271 e. The van der Waals surface area contributed by atoms with Crippen molar-refractivity contribution in [3.05, 3.63) is 45.2 Å². The van der Waals surface area contributed by atoms with Crippen LogP contribution in [0.1, 0.15) is 10.4 Å². The Kier molecular flexibility index (Phi) is 3.94. The summed E-state index contributed by atoms with van der Waals surface area (Å²) in [6, 6.07) is 10.00. The van der Waals surface area contributed by atoms with Crippen molar-refractivity contribution in [2.45, 2.75) is 11.1 Å². The van der Waals surface area contributed by atoms with Gasteiger partial charge in [-0.2, -0.15) is 5.26 Å². The first-order chi connectivity index (χ1) is 8.92. The van der Waals surface area contributed by atoms with Gasteiger partial charge >= 0.3 is 0 Å². The van der Waals surface area contributed by atoms with Gasteiger partial charge in [-0.3, -0.25) is 4.72 Å². The SMILES string of the molecule is Cc1ccc(S(=O)(=O)Nc2ccc(C#N)cc2Br)s1. The van der Waals surface area contributed by atoms with E-state index in [0.29, 0.717) is 15.7 Å². The van der Waals surface area contributed by atoms with Crippen LogP contribution in [0.4, 0.5) is 5.69 Å². The Morgan fingerprint density at radius 2 is 2.05 bits per heavy atom. The molecule has 0 fully saturated rings. The summed E-state index contributed by atoms with van der Waals surface area (Å²) in [5, 5.41) is 8.76. The van der Waals surface area contributed by atoms with Gasteiger partial charge in [-0.15, -0.1) is 11.3 Å². The Morgan fingerprint density at radius 1 is 1.32 bits per heavy atom. The second-order valence-corrected chi connectivity index (χ2v) is 7.83. The van der Waals surface area contributed by atoms with Crippen LogP contribution in [0.2, 0.25) is 0 Å². The van der Waals surface area contributed by atoms with Gasteiger partial charge in [0.25, 0.3) is 10.0 Å². The van der Waals surface area contributed by atoms with Crippen LogP contribution >= 0.6 is 27.3 Å². The van der Waals surface area contributed by atoms with E-state index in [0.717, 1.165) is 4.88 Å². The first kappa shape index (κ1) is 14.1. The summed E-state index contributed by atoms with van der Waals surface area (Å²) in [6.07, 6.45) is 0. The number of nitriles is 1. The maximum Gasteiger partial charge on any atom is 0.271 e. The predicted molar refractivity (Wildman–Crippen MR) is 78.7 cm³/mol. The molecule has 4 nitrogen and oxygen atoms in total. The van der Waals surface area contributed by atoms with Crippen LogP contribution in [0.25, 0.3) is 0 Å². The van der Waals surface area contributed by atoms with Gasteiger partial charge in [0.05, 0.1) is 17.3 Å². The Hall–Kier alpha value is -1.36. The number of halogens is 1. The zero-order valence-electron chi connectivity index (χ0n) is 9.84. The van der Waals surface area contributed by atoms with Crippen molar-refractivity contribution in [1.29, 1.82) is 5.26 Å². The number of rotatable bonds is 3. The highest BCUT2D eigenvalue weighted by Crippen LogP contribution is 2.28. The van der Waals surface area contributed by atoms with Gasteiger partial charge in [0.2, 0.25) is 0 Å². The second kappa shape index (κ2) is 5.33. The van der Waals surface area contributed by atoms with Crippen LogP contribution in [-0.2, 0) is 10.0 Å². The second-order valence-electron chi connectivity index (χ2n) is 3.78. The van der Waals surface area contributed by atoms with Crippen molar-refractivity contribution in [2.75, 3.05) is 4.72 Å². The van der Waals surface area contributed by atoms with Gasteiger partial charge in [-0.1, -0.05) is 0 Å². The summed E-state index contributed by atoms with van der Waals surface area (Å²) in [4.78, 5) is 0.930. The zero-order chi connectivity index (χ0) is 14.0. The lowest BCUT2D eigenvalue weighted by molar-refractivity contribution is 0.603. The first-order valence-corrected chi connectivity index (χ1v) is 8.30. The van der Waals surface area contributed by atoms with Crippen molar-refractivity contribution in [2.24, 2.45) is 0 Å². The Bertz CT molecular complexity index is 760. The standard InChI is InChI=1S/C12H9BrN2O2S2/c1-8-2-5-12(18-8)19(16,17)15-11-4-3-9(7-14)6-10(11)13/h2-6,15H,1H3. The zero-order valence-corrected chi connectivity index (χ0v) is 13.1. The topological polar surface area (TPSA) is 70.0 Å². The molecule has 0 aliphatic rings. The largest absolute Gasteiger partial charge is 0.278 e. The molecule has 1 heterocycles.